The lowest BCUT2D eigenvalue weighted by atomic mass is 9.87. The molecule has 138 valence electrons. The van der Waals surface area contributed by atoms with Crippen LogP contribution in [0, 0.1) is 0 Å². The van der Waals surface area contributed by atoms with Gasteiger partial charge >= 0.3 is 0 Å². The lowest BCUT2D eigenvalue weighted by Crippen LogP contribution is -2.40. The lowest BCUT2D eigenvalue weighted by Gasteiger charge is -2.27. The number of rotatable bonds is 5. The van der Waals surface area contributed by atoms with Crippen LogP contribution in [0.5, 0.6) is 0 Å². The fraction of sp³-hybridized carbons (Fsp3) is 0.409. The highest BCUT2D eigenvalue weighted by molar-refractivity contribution is 6.30. The van der Waals surface area contributed by atoms with E-state index in [0.717, 1.165) is 34.6 Å². The van der Waals surface area contributed by atoms with Crippen molar-refractivity contribution in [2.75, 3.05) is 26.3 Å². The van der Waals surface area contributed by atoms with Gasteiger partial charge in [0, 0.05) is 23.7 Å². The van der Waals surface area contributed by atoms with Crippen LogP contribution in [0.4, 0.5) is 0 Å². The van der Waals surface area contributed by atoms with Crippen LogP contribution in [-0.4, -0.2) is 37.1 Å². The maximum absolute atomic E-state index is 12.8. The maximum atomic E-state index is 12.8. The number of hydrogen-bond acceptors (Lipinski definition) is 2. The molecular formula is C22H26ClNO2. The van der Waals surface area contributed by atoms with Gasteiger partial charge in [-0.3, -0.25) is 4.79 Å². The van der Waals surface area contributed by atoms with E-state index in [-0.39, 0.29) is 5.91 Å². The van der Waals surface area contributed by atoms with Gasteiger partial charge < -0.3 is 9.64 Å². The third kappa shape index (κ3) is 4.11. The second kappa shape index (κ2) is 8.70. The third-order valence-electron chi connectivity index (χ3n) is 5.16. The Hall–Kier alpha value is -1.84. The molecular weight excluding hydrogens is 346 g/mol. The van der Waals surface area contributed by atoms with Crippen molar-refractivity contribution < 1.29 is 9.53 Å². The lowest BCUT2D eigenvalue weighted by molar-refractivity contribution is 0.0303. The molecule has 0 unspecified atom stereocenters. The van der Waals surface area contributed by atoms with Crippen LogP contribution in [0.2, 0.25) is 5.02 Å². The van der Waals surface area contributed by atoms with Gasteiger partial charge in [0.25, 0.3) is 5.91 Å². The SMILES string of the molecule is CCC(CC)c1ccc(Cl)cc1-c1cccc(C(=O)N2CCOCC2)c1. The van der Waals surface area contributed by atoms with Crippen molar-refractivity contribution in [2.45, 2.75) is 32.6 Å². The Bertz CT molecular complexity index is 764. The minimum absolute atomic E-state index is 0.0706. The predicted octanol–water partition coefficient (Wildman–Crippen LogP) is 5.38. The Kier molecular flexibility index (Phi) is 6.33. The van der Waals surface area contributed by atoms with Gasteiger partial charge in [0.05, 0.1) is 13.2 Å². The summed E-state index contributed by atoms with van der Waals surface area (Å²) in [6.45, 7) is 6.95. The molecule has 26 heavy (non-hydrogen) atoms. The summed E-state index contributed by atoms with van der Waals surface area (Å²) < 4.78 is 5.35. The molecule has 0 aromatic heterocycles. The number of ether oxygens (including phenoxy) is 1. The largest absolute Gasteiger partial charge is 0.378 e. The Balaban J connectivity index is 1.97. The number of nitrogens with zero attached hydrogens (tertiary/aromatic N) is 1. The van der Waals surface area contributed by atoms with Crippen LogP contribution < -0.4 is 0 Å². The van der Waals surface area contributed by atoms with E-state index in [2.05, 4.69) is 26.0 Å². The summed E-state index contributed by atoms with van der Waals surface area (Å²) in [5.74, 6) is 0.558. The summed E-state index contributed by atoms with van der Waals surface area (Å²) in [5.41, 5.74) is 4.20. The zero-order valence-electron chi connectivity index (χ0n) is 15.5. The van der Waals surface area contributed by atoms with Gasteiger partial charge in [-0.2, -0.15) is 0 Å². The topological polar surface area (TPSA) is 29.5 Å². The number of hydrogen-bond donors (Lipinski definition) is 0. The second-order valence-electron chi connectivity index (χ2n) is 6.73. The van der Waals surface area contributed by atoms with Crippen molar-refractivity contribution in [3.63, 3.8) is 0 Å². The molecule has 4 heteroatoms. The molecule has 1 fully saturated rings. The Labute approximate surface area is 160 Å². The summed E-state index contributed by atoms with van der Waals surface area (Å²) in [6, 6.07) is 14.0. The Morgan fingerprint density at radius 3 is 2.54 bits per heavy atom. The quantitative estimate of drug-likeness (QED) is 0.705. The molecule has 0 atom stereocenters. The molecule has 1 aliphatic heterocycles. The van der Waals surface area contributed by atoms with E-state index in [1.165, 1.54) is 5.56 Å². The van der Waals surface area contributed by atoms with Crippen LogP contribution in [0.1, 0.15) is 48.5 Å². The average Bonchev–Trinajstić information content (AvgIpc) is 2.70. The van der Waals surface area contributed by atoms with Crippen LogP contribution in [-0.2, 0) is 4.74 Å². The second-order valence-corrected chi connectivity index (χ2v) is 7.17. The zero-order chi connectivity index (χ0) is 18.5. The number of carbonyl (C=O) groups is 1. The van der Waals surface area contributed by atoms with E-state index in [9.17, 15) is 4.79 Å². The fourth-order valence-corrected chi connectivity index (χ4v) is 3.80. The standard InChI is InChI=1S/C22H26ClNO2/c1-3-16(4-2)20-9-8-19(23)15-21(20)17-6-5-7-18(14-17)22(25)24-10-12-26-13-11-24/h5-9,14-16H,3-4,10-13H2,1-2H3. The van der Waals surface area contributed by atoms with Gasteiger partial charge in [0.1, 0.15) is 0 Å². The molecule has 1 saturated heterocycles. The van der Waals surface area contributed by atoms with E-state index in [1.54, 1.807) is 0 Å². The molecule has 0 radical (unpaired) electrons. The van der Waals surface area contributed by atoms with Crippen molar-refractivity contribution in [2.24, 2.45) is 0 Å². The van der Waals surface area contributed by atoms with Crippen LogP contribution in [0.15, 0.2) is 42.5 Å². The van der Waals surface area contributed by atoms with Crippen molar-refractivity contribution in [3.05, 3.63) is 58.6 Å². The summed E-state index contributed by atoms with van der Waals surface area (Å²) in [6.07, 6.45) is 2.16. The van der Waals surface area contributed by atoms with Gasteiger partial charge in [0.2, 0.25) is 0 Å². The minimum atomic E-state index is 0.0706. The third-order valence-corrected chi connectivity index (χ3v) is 5.39. The number of morpholine rings is 1. The van der Waals surface area contributed by atoms with Crippen molar-refractivity contribution in [1.29, 1.82) is 0 Å². The number of amides is 1. The summed E-state index contributed by atoms with van der Waals surface area (Å²) in [5, 5.41) is 0.722. The first-order chi connectivity index (χ1) is 12.6. The maximum Gasteiger partial charge on any atom is 0.254 e. The summed E-state index contributed by atoms with van der Waals surface area (Å²) >= 11 is 6.29. The van der Waals surface area contributed by atoms with Gasteiger partial charge in [-0.1, -0.05) is 43.6 Å². The van der Waals surface area contributed by atoms with Crippen LogP contribution >= 0.6 is 11.6 Å². The highest BCUT2D eigenvalue weighted by Gasteiger charge is 2.20. The first kappa shape index (κ1) is 18.9. The molecule has 0 N–H and O–H groups in total. The highest BCUT2D eigenvalue weighted by atomic mass is 35.5. The van der Waals surface area contributed by atoms with Gasteiger partial charge in [-0.05, 0) is 59.7 Å². The van der Waals surface area contributed by atoms with Gasteiger partial charge in [-0.25, -0.2) is 0 Å². The molecule has 2 aromatic carbocycles. The molecule has 0 saturated carbocycles. The molecule has 0 bridgehead atoms. The van der Waals surface area contributed by atoms with E-state index in [1.807, 2.05) is 35.2 Å². The fourth-order valence-electron chi connectivity index (χ4n) is 3.63. The number of halogens is 1. The Morgan fingerprint density at radius 1 is 1.12 bits per heavy atom. The molecule has 0 spiro atoms. The smallest absolute Gasteiger partial charge is 0.254 e. The zero-order valence-corrected chi connectivity index (χ0v) is 16.3. The van der Waals surface area contributed by atoms with E-state index >= 15 is 0 Å². The normalized spacial score (nSPS) is 14.7. The molecule has 1 aliphatic rings. The minimum Gasteiger partial charge on any atom is -0.378 e. The van der Waals surface area contributed by atoms with E-state index in [4.69, 9.17) is 16.3 Å². The number of benzene rings is 2. The van der Waals surface area contributed by atoms with E-state index < -0.39 is 0 Å². The molecule has 3 nitrogen and oxygen atoms in total. The van der Waals surface area contributed by atoms with Gasteiger partial charge in [0.15, 0.2) is 0 Å². The van der Waals surface area contributed by atoms with Crippen LogP contribution in [0.25, 0.3) is 11.1 Å². The first-order valence-corrected chi connectivity index (χ1v) is 9.78. The molecule has 3 rings (SSSR count). The summed E-state index contributed by atoms with van der Waals surface area (Å²) in [7, 11) is 0. The average molecular weight is 372 g/mol. The van der Waals surface area contributed by atoms with Crippen molar-refractivity contribution >= 4 is 17.5 Å². The van der Waals surface area contributed by atoms with Crippen LogP contribution in [0.3, 0.4) is 0 Å². The molecule has 1 heterocycles. The highest BCUT2D eigenvalue weighted by Crippen LogP contribution is 2.35. The molecule has 0 aliphatic carbocycles. The first-order valence-electron chi connectivity index (χ1n) is 9.41. The Morgan fingerprint density at radius 2 is 1.85 bits per heavy atom. The number of carbonyl (C=O) groups excluding carboxylic acids is 1. The molecule has 2 aromatic rings. The van der Waals surface area contributed by atoms with E-state index in [0.29, 0.717) is 32.2 Å². The van der Waals surface area contributed by atoms with Crippen molar-refractivity contribution in [3.8, 4) is 11.1 Å². The molecule has 1 amide bonds. The predicted molar refractivity (Wildman–Crippen MR) is 107 cm³/mol. The monoisotopic (exact) mass is 371 g/mol. The van der Waals surface area contributed by atoms with Gasteiger partial charge in [-0.15, -0.1) is 0 Å². The summed E-state index contributed by atoms with van der Waals surface area (Å²) in [4.78, 5) is 14.7. The van der Waals surface area contributed by atoms with Crippen molar-refractivity contribution in [1.82, 2.24) is 4.90 Å².